The van der Waals surface area contributed by atoms with E-state index in [1.807, 2.05) is 42.6 Å². The Balaban J connectivity index is 2.19. The van der Waals surface area contributed by atoms with Crippen molar-refractivity contribution in [1.29, 1.82) is 0 Å². The van der Waals surface area contributed by atoms with Gasteiger partial charge in [0.2, 0.25) is 0 Å². The number of thiophene rings is 1. The second-order valence-electron chi connectivity index (χ2n) is 3.77. The Morgan fingerprint density at radius 2 is 2.24 bits per heavy atom. The third kappa shape index (κ3) is 3.00. The largest absolute Gasteiger partial charge is 0.483 e. The molecule has 1 heterocycles. The molecule has 0 spiro atoms. The van der Waals surface area contributed by atoms with Crippen LogP contribution in [0.1, 0.15) is 16.5 Å². The highest BCUT2D eigenvalue weighted by Crippen LogP contribution is 2.28. The van der Waals surface area contributed by atoms with Crippen molar-refractivity contribution in [2.45, 2.75) is 13.0 Å². The van der Waals surface area contributed by atoms with Crippen molar-refractivity contribution in [3.05, 3.63) is 51.2 Å². The zero-order valence-electron chi connectivity index (χ0n) is 9.52. The molecular formula is C13H14ClNOS. The lowest BCUT2D eigenvalue weighted by Crippen LogP contribution is -2.17. The van der Waals surface area contributed by atoms with E-state index in [1.54, 1.807) is 11.3 Å². The van der Waals surface area contributed by atoms with Crippen molar-refractivity contribution in [2.75, 3.05) is 6.54 Å². The van der Waals surface area contributed by atoms with Gasteiger partial charge in [-0.15, -0.1) is 11.3 Å². The first-order valence-corrected chi connectivity index (χ1v) is 6.62. The van der Waals surface area contributed by atoms with E-state index in [0.717, 1.165) is 21.2 Å². The highest BCUT2D eigenvalue weighted by atomic mass is 35.5. The fourth-order valence-electron chi connectivity index (χ4n) is 1.60. The molecule has 0 fully saturated rings. The number of nitrogens with two attached hydrogens (primary N) is 1. The van der Waals surface area contributed by atoms with Gasteiger partial charge in [-0.05, 0) is 42.1 Å². The molecule has 4 heteroatoms. The molecule has 17 heavy (non-hydrogen) atoms. The van der Waals surface area contributed by atoms with Crippen LogP contribution in [0.3, 0.4) is 0 Å². The first kappa shape index (κ1) is 12.4. The van der Waals surface area contributed by atoms with Crippen LogP contribution < -0.4 is 10.5 Å². The summed E-state index contributed by atoms with van der Waals surface area (Å²) >= 11 is 7.56. The summed E-state index contributed by atoms with van der Waals surface area (Å²) in [5.74, 6) is 0.832. The predicted molar refractivity (Wildman–Crippen MR) is 72.9 cm³/mol. The van der Waals surface area contributed by atoms with Gasteiger partial charge in [0.25, 0.3) is 0 Å². The summed E-state index contributed by atoms with van der Waals surface area (Å²) in [6.07, 6.45) is -0.0881. The first-order valence-electron chi connectivity index (χ1n) is 5.37. The quantitative estimate of drug-likeness (QED) is 0.915. The van der Waals surface area contributed by atoms with Gasteiger partial charge in [-0.25, -0.2) is 0 Å². The summed E-state index contributed by atoms with van der Waals surface area (Å²) in [6, 6.07) is 9.63. The Labute approximate surface area is 110 Å². The summed E-state index contributed by atoms with van der Waals surface area (Å²) in [6.45, 7) is 2.44. The summed E-state index contributed by atoms with van der Waals surface area (Å²) in [7, 11) is 0. The highest BCUT2D eigenvalue weighted by Gasteiger charge is 2.13. The first-order chi connectivity index (χ1) is 8.20. The Bertz CT molecular complexity index is 484. The van der Waals surface area contributed by atoms with Crippen LogP contribution in [0.4, 0.5) is 0 Å². The third-order valence-corrected chi connectivity index (χ3v) is 3.68. The van der Waals surface area contributed by atoms with E-state index in [2.05, 4.69) is 0 Å². The molecule has 0 aliphatic carbocycles. The minimum Gasteiger partial charge on any atom is -0.483 e. The Morgan fingerprint density at radius 1 is 1.41 bits per heavy atom. The second kappa shape index (κ2) is 5.54. The van der Waals surface area contributed by atoms with Crippen molar-refractivity contribution in [2.24, 2.45) is 5.73 Å². The number of hydrogen-bond acceptors (Lipinski definition) is 3. The van der Waals surface area contributed by atoms with Gasteiger partial charge in [0.05, 0.1) is 0 Å². The lowest BCUT2D eigenvalue weighted by molar-refractivity contribution is 0.216. The molecule has 90 valence electrons. The lowest BCUT2D eigenvalue weighted by Gasteiger charge is -2.17. The van der Waals surface area contributed by atoms with Crippen LogP contribution in [0.15, 0.2) is 35.7 Å². The maximum atomic E-state index is 5.92. The second-order valence-corrected chi connectivity index (χ2v) is 5.18. The van der Waals surface area contributed by atoms with Crippen molar-refractivity contribution in [3.8, 4) is 5.75 Å². The van der Waals surface area contributed by atoms with Crippen molar-refractivity contribution in [1.82, 2.24) is 0 Å². The average Bonchev–Trinajstić information content (AvgIpc) is 2.81. The monoisotopic (exact) mass is 267 g/mol. The fourth-order valence-corrected chi connectivity index (χ4v) is 2.59. The molecule has 1 aromatic heterocycles. The molecule has 2 N–H and O–H groups in total. The summed E-state index contributed by atoms with van der Waals surface area (Å²) in [5, 5.41) is 2.74. The van der Waals surface area contributed by atoms with Crippen molar-refractivity contribution < 1.29 is 4.74 Å². The van der Waals surface area contributed by atoms with E-state index >= 15 is 0 Å². The van der Waals surface area contributed by atoms with E-state index in [-0.39, 0.29) is 6.10 Å². The SMILES string of the molecule is Cc1cc(Cl)ccc1OC(CN)c1cccs1. The van der Waals surface area contributed by atoms with Gasteiger partial charge in [-0.2, -0.15) is 0 Å². The van der Waals surface area contributed by atoms with E-state index in [0.29, 0.717) is 6.54 Å². The van der Waals surface area contributed by atoms with E-state index in [4.69, 9.17) is 22.1 Å². The topological polar surface area (TPSA) is 35.2 Å². The number of rotatable bonds is 4. The predicted octanol–water partition coefficient (Wildman–Crippen LogP) is 3.79. The molecule has 1 atom stereocenters. The van der Waals surface area contributed by atoms with Crippen LogP contribution in [0.5, 0.6) is 5.75 Å². The molecular weight excluding hydrogens is 254 g/mol. The average molecular weight is 268 g/mol. The summed E-state index contributed by atoms with van der Waals surface area (Å²) < 4.78 is 5.92. The van der Waals surface area contributed by atoms with Crippen LogP contribution in [0, 0.1) is 6.92 Å². The minimum absolute atomic E-state index is 0.0881. The van der Waals surface area contributed by atoms with Gasteiger partial charge in [0.1, 0.15) is 11.9 Å². The van der Waals surface area contributed by atoms with E-state index in [9.17, 15) is 0 Å². The van der Waals surface area contributed by atoms with Gasteiger partial charge in [-0.1, -0.05) is 17.7 Å². The molecule has 1 aromatic carbocycles. The molecule has 0 aliphatic rings. The lowest BCUT2D eigenvalue weighted by atomic mass is 10.2. The summed E-state index contributed by atoms with van der Waals surface area (Å²) in [5.41, 5.74) is 6.77. The van der Waals surface area contributed by atoms with E-state index in [1.165, 1.54) is 0 Å². The van der Waals surface area contributed by atoms with Gasteiger partial charge >= 0.3 is 0 Å². The molecule has 0 saturated carbocycles. The van der Waals surface area contributed by atoms with Crippen molar-refractivity contribution in [3.63, 3.8) is 0 Å². The van der Waals surface area contributed by atoms with Gasteiger partial charge in [0, 0.05) is 16.4 Å². The molecule has 0 bridgehead atoms. The zero-order valence-corrected chi connectivity index (χ0v) is 11.1. The molecule has 0 amide bonds. The molecule has 2 aromatic rings. The molecule has 1 unspecified atom stereocenters. The van der Waals surface area contributed by atoms with Gasteiger partial charge in [-0.3, -0.25) is 0 Å². The van der Waals surface area contributed by atoms with Crippen LogP contribution in [0.25, 0.3) is 0 Å². The Hall–Kier alpha value is -1.03. The smallest absolute Gasteiger partial charge is 0.145 e. The number of benzene rings is 1. The van der Waals surface area contributed by atoms with Crippen molar-refractivity contribution >= 4 is 22.9 Å². The normalized spacial score (nSPS) is 12.4. The minimum atomic E-state index is -0.0881. The number of aryl methyl sites for hydroxylation is 1. The van der Waals surface area contributed by atoms with Gasteiger partial charge in [0.15, 0.2) is 0 Å². The molecule has 0 saturated heterocycles. The molecule has 2 rings (SSSR count). The van der Waals surface area contributed by atoms with Crippen LogP contribution in [-0.2, 0) is 0 Å². The number of ether oxygens (including phenoxy) is 1. The zero-order chi connectivity index (χ0) is 12.3. The van der Waals surface area contributed by atoms with E-state index < -0.39 is 0 Å². The highest BCUT2D eigenvalue weighted by molar-refractivity contribution is 7.10. The Kier molecular flexibility index (Phi) is 4.05. The number of hydrogen-bond donors (Lipinski definition) is 1. The maximum absolute atomic E-state index is 5.92. The fraction of sp³-hybridized carbons (Fsp3) is 0.231. The standard InChI is InChI=1S/C13H14ClNOS/c1-9-7-10(14)4-5-11(9)16-12(8-15)13-3-2-6-17-13/h2-7,12H,8,15H2,1H3. The Morgan fingerprint density at radius 3 is 2.82 bits per heavy atom. The summed E-state index contributed by atoms with van der Waals surface area (Å²) in [4.78, 5) is 1.14. The molecule has 2 nitrogen and oxygen atoms in total. The molecule has 0 aliphatic heterocycles. The van der Waals surface area contributed by atoms with Crippen LogP contribution in [-0.4, -0.2) is 6.54 Å². The third-order valence-electron chi connectivity index (χ3n) is 2.48. The maximum Gasteiger partial charge on any atom is 0.145 e. The van der Waals surface area contributed by atoms with Crippen LogP contribution in [0.2, 0.25) is 5.02 Å². The number of halogens is 1. The van der Waals surface area contributed by atoms with Gasteiger partial charge < -0.3 is 10.5 Å². The van der Waals surface area contributed by atoms with Crippen LogP contribution >= 0.6 is 22.9 Å². The molecule has 0 radical (unpaired) electrons.